The van der Waals surface area contributed by atoms with Crippen molar-refractivity contribution in [2.75, 3.05) is 4.90 Å². The van der Waals surface area contributed by atoms with Gasteiger partial charge in [0.25, 0.3) is 0 Å². The summed E-state index contributed by atoms with van der Waals surface area (Å²) in [5.41, 5.74) is 18.9. The first kappa shape index (κ1) is 38.9. The number of hydrogen-bond acceptors (Lipinski definition) is 2. The maximum absolute atomic E-state index is 6.58. The number of anilines is 3. The Morgan fingerprint density at radius 1 is 0.258 bits per heavy atom. The van der Waals surface area contributed by atoms with Gasteiger partial charge in [-0.2, -0.15) is 0 Å². The van der Waals surface area contributed by atoms with Crippen molar-refractivity contribution in [2.45, 2.75) is 0 Å². The molecule has 2 nitrogen and oxygen atoms in total. The molecule has 0 atom stereocenters. The second-order valence-electron chi connectivity index (χ2n) is 16.8. The summed E-state index contributed by atoms with van der Waals surface area (Å²) in [6, 6.07) is 93.9. The van der Waals surface area contributed by atoms with Crippen molar-refractivity contribution in [1.82, 2.24) is 0 Å². The molecule has 0 fully saturated rings. The van der Waals surface area contributed by atoms with Gasteiger partial charge in [0.2, 0.25) is 0 Å². The van der Waals surface area contributed by atoms with Gasteiger partial charge in [0.15, 0.2) is 0 Å². The molecule has 0 spiro atoms. The first-order valence-corrected chi connectivity index (χ1v) is 22.6. The number of rotatable bonds is 9. The Hall–Kier alpha value is -8.72. The van der Waals surface area contributed by atoms with Crippen LogP contribution in [0.2, 0.25) is 0 Å². The minimum atomic E-state index is 0.891. The van der Waals surface area contributed by atoms with Crippen molar-refractivity contribution >= 4 is 49.8 Å². The molecular formula is C64H43NO. The molecule has 310 valence electrons. The summed E-state index contributed by atoms with van der Waals surface area (Å²) >= 11 is 0. The monoisotopic (exact) mass is 841 g/mol. The minimum Gasteiger partial charge on any atom is -0.455 e. The largest absolute Gasteiger partial charge is 0.455 e. The standard InChI is InChI=1S/C64H43NO/c1-2-16-44(17-3-1)46-32-35-48(36-33-46)54-22-6-7-23-56(54)57-24-8-9-25-58(57)59-26-10-12-30-62(59)65(52-40-38-47(39-41-52)50-37-34-45-18-4-5-19-49(45)42-50)53-21-14-20-51(43-53)55-28-15-29-61-60-27-11-13-31-63(60)66-64(55)61/h1-43H. The van der Waals surface area contributed by atoms with E-state index in [1.807, 2.05) is 12.1 Å². The van der Waals surface area contributed by atoms with Crippen molar-refractivity contribution in [3.05, 3.63) is 261 Å². The summed E-state index contributed by atoms with van der Waals surface area (Å²) in [6.07, 6.45) is 0. The van der Waals surface area contributed by atoms with Crippen LogP contribution in [-0.4, -0.2) is 0 Å². The lowest BCUT2D eigenvalue weighted by molar-refractivity contribution is 0.670. The quantitative estimate of drug-likeness (QED) is 0.144. The van der Waals surface area contributed by atoms with E-state index in [9.17, 15) is 0 Å². The van der Waals surface area contributed by atoms with Crippen LogP contribution in [0.1, 0.15) is 0 Å². The Morgan fingerprint density at radius 3 is 1.58 bits per heavy atom. The van der Waals surface area contributed by atoms with Crippen molar-refractivity contribution in [3.8, 4) is 66.8 Å². The Morgan fingerprint density at radius 2 is 0.773 bits per heavy atom. The molecule has 0 N–H and O–H groups in total. The van der Waals surface area contributed by atoms with Crippen molar-refractivity contribution in [1.29, 1.82) is 0 Å². The third-order valence-electron chi connectivity index (χ3n) is 12.9. The molecule has 11 aromatic carbocycles. The van der Waals surface area contributed by atoms with Gasteiger partial charge >= 0.3 is 0 Å². The van der Waals surface area contributed by atoms with Gasteiger partial charge in [0.1, 0.15) is 11.2 Å². The Bertz CT molecular complexity index is 3700. The third kappa shape index (κ3) is 7.12. The van der Waals surface area contributed by atoms with Gasteiger partial charge in [-0.25, -0.2) is 0 Å². The van der Waals surface area contributed by atoms with E-state index in [1.54, 1.807) is 0 Å². The topological polar surface area (TPSA) is 16.4 Å². The Labute approximate surface area is 384 Å². The highest BCUT2D eigenvalue weighted by molar-refractivity contribution is 6.10. The summed E-state index contributed by atoms with van der Waals surface area (Å²) < 4.78 is 6.58. The molecule has 0 aliphatic heterocycles. The van der Waals surface area contributed by atoms with E-state index in [0.717, 1.165) is 61.3 Å². The smallest absolute Gasteiger partial charge is 0.143 e. The fraction of sp³-hybridized carbons (Fsp3) is 0. The van der Waals surface area contributed by atoms with Crippen LogP contribution in [0.3, 0.4) is 0 Å². The van der Waals surface area contributed by atoms with Gasteiger partial charge in [-0.15, -0.1) is 0 Å². The normalized spacial score (nSPS) is 11.3. The van der Waals surface area contributed by atoms with Crippen LogP contribution >= 0.6 is 0 Å². The maximum Gasteiger partial charge on any atom is 0.143 e. The van der Waals surface area contributed by atoms with E-state index in [1.165, 1.54) is 55.3 Å². The first-order chi connectivity index (χ1) is 32.7. The first-order valence-electron chi connectivity index (χ1n) is 22.6. The zero-order chi connectivity index (χ0) is 43.8. The van der Waals surface area contributed by atoms with E-state index in [0.29, 0.717) is 0 Å². The van der Waals surface area contributed by atoms with Gasteiger partial charge in [-0.05, 0) is 109 Å². The van der Waals surface area contributed by atoms with Crippen molar-refractivity contribution in [3.63, 3.8) is 0 Å². The molecule has 12 rings (SSSR count). The highest BCUT2D eigenvalue weighted by Gasteiger charge is 2.22. The SMILES string of the molecule is c1ccc(-c2ccc(-c3ccccc3-c3ccccc3-c3ccccc3N(c3ccc(-c4ccc5ccccc5c4)cc3)c3cccc(-c4cccc5c4oc4ccccc45)c3)cc2)cc1. The van der Waals surface area contributed by atoms with E-state index >= 15 is 0 Å². The Balaban J connectivity index is 1.00. The average Bonchev–Trinajstić information content (AvgIpc) is 3.79. The molecule has 0 bridgehead atoms. The second kappa shape index (κ2) is 16.8. The van der Waals surface area contributed by atoms with Crippen LogP contribution in [0.25, 0.3) is 99.5 Å². The molecule has 1 heterocycles. The fourth-order valence-corrected chi connectivity index (χ4v) is 9.68. The molecule has 66 heavy (non-hydrogen) atoms. The minimum absolute atomic E-state index is 0.891. The number of benzene rings is 11. The van der Waals surface area contributed by atoms with E-state index in [-0.39, 0.29) is 0 Å². The molecule has 0 saturated carbocycles. The average molecular weight is 842 g/mol. The zero-order valence-electron chi connectivity index (χ0n) is 36.2. The van der Waals surface area contributed by atoms with Gasteiger partial charge < -0.3 is 9.32 Å². The molecule has 0 aliphatic rings. The molecule has 0 aliphatic carbocycles. The predicted octanol–water partition coefficient (Wildman–Crippen LogP) is 18.2. The van der Waals surface area contributed by atoms with Gasteiger partial charge in [-0.1, -0.05) is 218 Å². The lowest BCUT2D eigenvalue weighted by atomic mass is 9.88. The lowest BCUT2D eigenvalue weighted by Gasteiger charge is -2.29. The van der Waals surface area contributed by atoms with Crippen LogP contribution in [0, 0.1) is 0 Å². The van der Waals surface area contributed by atoms with Crippen LogP contribution in [0.5, 0.6) is 0 Å². The third-order valence-corrected chi connectivity index (χ3v) is 12.9. The van der Waals surface area contributed by atoms with Gasteiger partial charge in [0, 0.05) is 33.3 Å². The van der Waals surface area contributed by atoms with Crippen molar-refractivity contribution in [2.24, 2.45) is 0 Å². The fourth-order valence-electron chi connectivity index (χ4n) is 9.68. The van der Waals surface area contributed by atoms with Crippen molar-refractivity contribution < 1.29 is 4.42 Å². The number of nitrogens with zero attached hydrogens (tertiary/aromatic N) is 1. The maximum atomic E-state index is 6.58. The predicted molar refractivity (Wildman–Crippen MR) is 279 cm³/mol. The lowest BCUT2D eigenvalue weighted by Crippen LogP contribution is -2.11. The zero-order valence-corrected chi connectivity index (χ0v) is 36.2. The summed E-state index contributed by atoms with van der Waals surface area (Å²) in [5.74, 6) is 0. The summed E-state index contributed by atoms with van der Waals surface area (Å²) in [5, 5.41) is 4.71. The van der Waals surface area contributed by atoms with E-state index in [2.05, 4.69) is 254 Å². The highest BCUT2D eigenvalue weighted by Crippen LogP contribution is 2.47. The van der Waals surface area contributed by atoms with E-state index < -0.39 is 0 Å². The van der Waals surface area contributed by atoms with Crippen LogP contribution in [-0.2, 0) is 0 Å². The highest BCUT2D eigenvalue weighted by atomic mass is 16.3. The number of furan rings is 1. The van der Waals surface area contributed by atoms with Crippen LogP contribution < -0.4 is 4.90 Å². The van der Waals surface area contributed by atoms with Gasteiger partial charge in [0.05, 0.1) is 5.69 Å². The van der Waals surface area contributed by atoms with E-state index in [4.69, 9.17) is 4.42 Å². The molecule has 0 amide bonds. The van der Waals surface area contributed by atoms with Crippen LogP contribution in [0.4, 0.5) is 17.1 Å². The molecule has 2 heteroatoms. The molecular weight excluding hydrogens is 799 g/mol. The van der Waals surface area contributed by atoms with Gasteiger partial charge in [-0.3, -0.25) is 0 Å². The summed E-state index contributed by atoms with van der Waals surface area (Å²) in [6.45, 7) is 0. The summed E-state index contributed by atoms with van der Waals surface area (Å²) in [4.78, 5) is 2.41. The molecule has 1 aromatic heterocycles. The Kier molecular flexibility index (Phi) is 9.89. The number of hydrogen-bond donors (Lipinski definition) is 0. The molecule has 0 unspecified atom stereocenters. The molecule has 12 aromatic rings. The number of para-hydroxylation sites is 3. The van der Waals surface area contributed by atoms with Crippen LogP contribution in [0.15, 0.2) is 265 Å². The second-order valence-corrected chi connectivity index (χ2v) is 16.8. The molecule has 0 radical (unpaired) electrons. The number of fused-ring (bicyclic) bond motifs is 4. The summed E-state index contributed by atoms with van der Waals surface area (Å²) in [7, 11) is 0. The molecule has 0 saturated heterocycles.